The Morgan fingerprint density at radius 1 is 1.12 bits per heavy atom. The fourth-order valence-electron chi connectivity index (χ4n) is 3.48. The number of fused-ring (bicyclic) bond motifs is 1. The largest absolute Gasteiger partial charge is 0.383 e. The van der Waals surface area contributed by atoms with Crippen LogP contribution in [0.3, 0.4) is 0 Å². The highest BCUT2D eigenvalue weighted by atomic mass is 16.5. The van der Waals surface area contributed by atoms with Gasteiger partial charge >= 0.3 is 0 Å². The van der Waals surface area contributed by atoms with E-state index in [9.17, 15) is 9.59 Å². The minimum atomic E-state index is -0.213. The van der Waals surface area contributed by atoms with Gasteiger partial charge in [-0.2, -0.15) is 0 Å². The van der Waals surface area contributed by atoms with Gasteiger partial charge in [0.1, 0.15) is 5.69 Å². The van der Waals surface area contributed by atoms with Crippen LogP contribution >= 0.6 is 0 Å². The van der Waals surface area contributed by atoms with Gasteiger partial charge in [-0.3, -0.25) is 9.59 Å². The fourth-order valence-corrected chi connectivity index (χ4v) is 3.48. The fraction of sp³-hybridized carbons (Fsp3) is 0.706. The number of hydrogen-bond acceptors (Lipinski definition) is 4. The third-order valence-electron chi connectivity index (χ3n) is 4.76. The van der Waals surface area contributed by atoms with E-state index in [-0.39, 0.29) is 11.8 Å². The number of rotatable bonds is 5. The summed E-state index contributed by atoms with van der Waals surface area (Å²) in [5.74, 6) is 0.188. The van der Waals surface area contributed by atoms with Crippen LogP contribution in [0.4, 0.5) is 0 Å². The lowest BCUT2D eigenvalue weighted by molar-refractivity contribution is 0.0705. The second-order valence-corrected chi connectivity index (χ2v) is 6.44. The van der Waals surface area contributed by atoms with Gasteiger partial charge in [0, 0.05) is 33.3 Å². The molecule has 2 amide bonds. The van der Waals surface area contributed by atoms with E-state index in [0.717, 1.165) is 57.4 Å². The summed E-state index contributed by atoms with van der Waals surface area (Å²) in [5, 5.41) is 2.82. The Kier molecular flexibility index (Phi) is 5.50. The number of likely N-dealkylation sites (tertiary alicyclic amines) is 1. The predicted octanol–water partition coefficient (Wildman–Crippen LogP) is 1.22. The molecule has 1 saturated heterocycles. The third kappa shape index (κ3) is 3.45. The second-order valence-electron chi connectivity index (χ2n) is 6.44. The first-order chi connectivity index (χ1) is 11.7. The summed E-state index contributed by atoms with van der Waals surface area (Å²) in [5.41, 5.74) is 1.31. The number of carbonyl (C=O) groups is 2. The van der Waals surface area contributed by atoms with E-state index in [1.165, 1.54) is 6.42 Å². The summed E-state index contributed by atoms with van der Waals surface area (Å²) in [4.78, 5) is 31.6. The Morgan fingerprint density at radius 3 is 2.62 bits per heavy atom. The van der Waals surface area contributed by atoms with Crippen LogP contribution in [0.15, 0.2) is 0 Å². The SMILES string of the molecule is COCCNC(=O)c1nc(C(=O)N2CCCCC2)n2c1CCCC2. The molecule has 0 spiro atoms. The zero-order valence-electron chi connectivity index (χ0n) is 14.3. The number of aromatic nitrogens is 2. The maximum Gasteiger partial charge on any atom is 0.289 e. The average Bonchev–Trinajstić information content (AvgIpc) is 3.02. The van der Waals surface area contributed by atoms with E-state index in [1.807, 2.05) is 9.47 Å². The molecule has 0 unspecified atom stereocenters. The van der Waals surface area contributed by atoms with Crippen molar-refractivity contribution >= 4 is 11.8 Å². The van der Waals surface area contributed by atoms with E-state index in [2.05, 4.69) is 10.3 Å². The molecule has 132 valence electrons. The van der Waals surface area contributed by atoms with Gasteiger partial charge in [-0.05, 0) is 38.5 Å². The number of amides is 2. The number of piperidine rings is 1. The summed E-state index contributed by atoms with van der Waals surface area (Å²) in [6.07, 6.45) is 6.12. The third-order valence-corrected chi connectivity index (χ3v) is 4.76. The maximum atomic E-state index is 12.9. The molecule has 0 aromatic carbocycles. The summed E-state index contributed by atoms with van der Waals surface area (Å²) in [7, 11) is 1.60. The summed E-state index contributed by atoms with van der Waals surface area (Å²) >= 11 is 0. The number of imidazole rings is 1. The second kappa shape index (κ2) is 7.79. The number of ether oxygens (including phenoxy) is 1. The van der Waals surface area contributed by atoms with Gasteiger partial charge < -0.3 is 19.5 Å². The molecular weight excluding hydrogens is 308 g/mol. The minimum absolute atomic E-state index is 0.0335. The first kappa shape index (κ1) is 17.0. The van der Waals surface area contributed by atoms with Crippen LogP contribution in [-0.2, 0) is 17.7 Å². The van der Waals surface area contributed by atoms with E-state index in [1.54, 1.807) is 7.11 Å². The highest BCUT2D eigenvalue weighted by Crippen LogP contribution is 2.23. The molecule has 1 N–H and O–H groups in total. The molecule has 0 atom stereocenters. The van der Waals surface area contributed by atoms with Crippen molar-refractivity contribution in [2.24, 2.45) is 0 Å². The van der Waals surface area contributed by atoms with E-state index < -0.39 is 0 Å². The Bertz CT molecular complexity index is 605. The van der Waals surface area contributed by atoms with Crippen molar-refractivity contribution in [3.8, 4) is 0 Å². The Hall–Kier alpha value is -1.89. The van der Waals surface area contributed by atoms with Gasteiger partial charge in [0.15, 0.2) is 5.82 Å². The van der Waals surface area contributed by atoms with Crippen LogP contribution in [0.25, 0.3) is 0 Å². The van der Waals surface area contributed by atoms with Crippen LogP contribution in [0.2, 0.25) is 0 Å². The number of carbonyl (C=O) groups excluding carboxylic acids is 2. The lowest BCUT2D eigenvalue weighted by Gasteiger charge is -2.27. The van der Waals surface area contributed by atoms with E-state index >= 15 is 0 Å². The lowest BCUT2D eigenvalue weighted by atomic mass is 10.1. The molecule has 2 aliphatic heterocycles. The van der Waals surface area contributed by atoms with Gasteiger partial charge in [-0.25, -0.2) is 4.98 Å². The van der Waals surface area contributed by atoms with E-state index in [0.29, 0.717) is 24.7 Å². The monoisotopic (exact) mass is 334 g/mol. The molecule has 0 bridgehead atoms. The lowest BCUT2D eigenvalue weighted by Crippen LogP contribution is -2.37. The predicted molar refractivity (Wildman–Crippen MR) is 89.1 cm³/mol. The van der Waals surface area contributed by atoms with E-state index in [4.69, 9.17) is 4.74 Å². The van der Waals surface area contributed by atoms with Gasteiger partial charge in [-0.15, -0.1) is 0 Å². The molecule has 0 radical (unpaired) electrons. The zero-order valence-corrected chi connectivity index (χ0v) is 14.3. The average molecular weight is 334 g/mol. The molecular formula is C17H26N4O3. The zero-order chi connectivity index (χ0) is 16.9. The normalized spacial score (nSPS) is 17.5. The first-order valence-corrected chi connectivity index (χ1v) is 8.88. The molecule has 0 aliphatic carbocycles. The Balaban J connectivity index is 1.84. The summed E-state index contributed by atoms with van der Waals surface area (Å²) in [6, 6.07) is 0. The van der Waals surface area contributed by atoms with Crippen molar-refractivity contribution in [1.82, 2.24) is 19.8 Å². The maximum absolute atomic E-state index is 12.9. The van der Waals surface area contributed by atoms with Crippen molar-refractivity contribution in [3.05, 3.63) is 17.2 Å². The highest BCUT2D eigenvalue weighted by Gasteiger charge is 2.30. The smallest absolute Gasteiger partial charge is 0.289 e. The molecule has 24 heavy (non-hydrogen) atoms. The number of methoxy groups -OCH3 is 1. The number of hydrogen-bond donors (Lipinski definition) is 1. The van der Waals surface area contributed by atoms with Crippen LogP contribution < -0.4 is 5.32 Å². The van der Waals surface area contributed by atoms with Crippen molar-refractivity contribution in [1.29, 1.82) is 0 Å². The quantitative estimate of drug-likeness (QED) is 0.822. The van der Waals surface area contributed by atoms with Gasteiger partial charge in [0.05, 0.1) is 12.3 Å². The molecule has 2 aliphatic rings. The standard InChI is InChI=1S/C17H26N4O3/c1-24-12-8-18-16(22)14-13-7-3-6-11-21(13)15(19-14)17(23)20-9-4-2-5-10-20/h2-12H2,1H3,(H,18,22). The first-order valence-electron chi connectivity index (χ1n) is 8.88. The molecule has 7 heteroatoms. The van der Waals surface area contributed by atoms with Gasteiger partial charge in [0.2, 0.25) is 0 Å². The molecule has 1 aromatic rings. The molecule has 7 nitrogen and oxygen atoms in total. The van der Waals surface area contributed by atoms with Crippen molar-refractivity contribution in [2.75, 3.05) is 33.4 Å². The van der Waals surface area contributed by atoms with Gasteiger partial charge in [-0.1, -0.05) is 0 Å². The van der Waals surface area contributed by atoms with Crippen LogP contribution in [0.5, 0.6) is 0 Å². The molecule has 1 aromatic heterocycles. The van der Waals surface area contributed by atoms with Gasteiger partial charge in [0.25, 0.3) is 11.8 Å². The topological polar surface area (TPSA) is 76.5 Å². The Morgan fingerprint density at radius 2 is 1.88 bits per heavy atom. The number of nitrogens with one attached hydrogen (secondary N) is 1. The summed E-state index contributed by atoms with van der Waals surface area (Å²) in [6.45, 7) is 3.24. The van der Waals surface area contributed by atoms with Crippen molar-refractivity contribution < 1.29 is 14.3 Å². The Labute approximate surface area is 142 Å². The highest BCUT2D eigenvalue weighted by molar-refractivity contribution is 5.97. The molecule has 3 rings (SSSR count). The van der Waals surface area contributed by atoms with Crippen LogP contribution in [0.1, 0.15) is 58.9 Å². The van der Waals surface area contributed by atoms with Crippen LogP contribution in [-0.4, -0.2) is 59.6 Å². The minimum Gasteiger partial charge on any atom is -0.383 e. The van der Waals surface area contributed by atoms with Crippen LogP contribution in [0, 0.1) is 0 Å². The summed E-state index contributed by atoms with van der Waals surface area (Å²) < 4.78 is 6.93. The molecule has 1 fully saturated rings. The molecule has 3 heterocycles. The van der Waals surface area contributed by atoms with Crippen molar-refractivity contribution in [2.45, 2.75) is 45.1 Å². The number of nitrogens with zero attached hydrogens (tertiary/aromatic N) is 3. The van der Waals surface area contributed by atoms with Crippen molar-refractivity contribution in [3.63, 3.8) is 0 Å². The molecule has 0 saturated carbocycles.